The van der Waals surface area contributed by atoms with Crippen molar-refractivity contribution in [2.75, 3.05) is 0 Å². The molecule has 0 unspecified atom stereocenters. The zero-order chi connectivity index (χ0) is 15.1. The number of hydrogen-bond donors (Lipinski definition) is 4. The predicted molar refractivity (Wildman–Crippen MR) is 96.2 cm³/mol. The highest BCUT2D eigenvalue weighted by molar-refractivity contribution is 7.80. The van der Waals surface area contributed by atoms with Crippen molar-refractivity contribution in [1.82, 2.24) is 21.5 Å². The fourth-order valence-electron chi connectivity index (χ4n) is 5.37. The van der Waals surface area contributed by atoms with Crippen LogP contribution in [0.1, 0.15) is 51.4 Å². The molecule has 122 valence electrons. The van der Waals surface area contributed by atoms with Crippen molar-refractivity contribution in [3.63, 3.8) is 0 Å². The van der Waals surface area contributed by atoms with E-state index in [2.05, 4.69) is 21.5 Å². The molecule has 4 fully saturated rings. The van der Waals surface area contributed by atoms with Gasteiger partial charge in [-0.25, -0.2) is 0 Å². The Balaban J connectivity index is 1.16. The third kappa shape index (κ3) is 3.04. The molecular formula is C16H26N4S2. The highest BCUT2D eigenvalue weighted by atomic mass is 32.1. The first-order valence-electron chi connectivity index (χ1n) is 8.80. The molecule has 4 saturated carbocycles. The van der Waals surface area contributed by atoms with Crippen LogP contribution in [0.2, 0.25) is 0 Å². The first-order valence-corrected chi connectivity index (χ1v) is 9.62. The molecule has 0 amide bonds. The molecule has 0 saturated heterocycles. The first-order chi connectivity index (χ1) is 10.7. The molecule has 0 aliphatic heterocycles. The Morgan fingerprint density at radius 3 is 1.41 bits per heavy atom. The molecule has 6 heteroatoms. The number of hydrazine groups is 1. The number of thiocarbonyl (C=S) groups is 2. The molecule has 0 spiro atoms. The van der Waals surface area contributed by atoms with Crippen molar-refractivity contribution in [1.29, 1.82) is 0 Å². The Morgan fingerprint density at radius 2 is 1.09 bits per heavy atom. The van der Waals surface area contributed by atoms with Gasteiger partial charge in [-0.05, 0) is 86.6 Å². The van der Waals surface area contributed by atoms with Crippen LogP contribution >= 0.6 is 24.4 Å². The summed E-state index contributed by atoms with van der Waals surface area (Å²) in [6.07, 6.45) is 10.9. The van der Waals surface area contributed by atoms with Gasteiger partial charge in [-0.2, -0.15) is 0 Å². The minimum atomic E-state index is 0.563. The standard InChI is InChI=1S/C16H26N4S2/c21-15(17-13-7-9-1-3-11(13)5-9)19-20-16(22)18-14-8-10-2-4-12(14)6-10/h9-14H,1-8H2,(H2,17,19,21)(H2,18,20,22)/t9-,10+,11-,12-,13-,14-/m1/s1. The van der Waals surface area contributed by atoms with Crippen LogP contribution < -0.4 is 21.5 Å². The van der Waals surface area contributed by atoms with Crippen LogP contribution in [0.4, 0.5) is 0 Å². The van der Waals surface area contributed by atoms with E-state index in [1.54, 1.807) is 0 Å². The van der Waals surface area contributed by atoms with Crippen LogP contribution in [0.15, 0.2) is 0 Å². The highest BCUT2D eigenvalue weighted by Gasteiger charge is 2.40. The van der Waals surface area contributed by atoms with Crippen LogP contribution in [0, 0.1) is 23.7 Å². The van der Waals surface area contributed by atoms with Crippen LogP contribution in [-0.2, 0) is 0 Å². The molecule has 0 aromatic rings. The molecule has 0 radical (unpaired) electrons. The van der Waals surface area contributed by atoms with Gasteiger partial charge in [0.25, 0.3) is 0 Å². The lowest BCUT2D eigenvalue weighted by atomic mass is 9.95. The molecule has 0 aromatic carbocycles. The van der Waals surface area contributed by atoms with E-state index >= 15 is 0 Å². The summed E-state index contributed by atoms with van der Waals surface area (Å²) in [5.41, 5.74) is 6.11. The molecule has 6 atom stereocenters. The Labute approximate surface area is 143 Å². The number of nitrogens with one attached hydrogen (secondary N) is 4. The fraction of sp³-hybridized carbons (Fsp3) is 0.875. The van der Waals surface area contributed by atoms with Crippen molar-refractivity contribution in [2.24, 2.45) is 23.7 Å². The Hall–Kier alpha value is -0.620. The zero-order valence-electron chi connectivity index (χ0n) is 12.9. The summed E-state index contributed by atoms with van der Waals surface area (Å²) in [5, 5.41) is 8.26. The van der Waals surface area contributed by atoms with E-state index in [4.69, 9.17) is 24.4 Å². The monoisotopic (exact) mass is 338 g/mol. The third-order valence-corrected chi connectivity index (χ3v) is 6.84. The second-order valence-electron chi connectivity index (χ2n) is 7.76. The van der Waals surface area contributed by atoms with Crippen molar-refractivity contribution in [2.45, 2.75) is 63.5 Å². The predicted octanol–water partition coefficient (Wildman–Crippen LogP) is 2.21. The van der Waals surface area contributed by atoms with Gasteiger partial charge in [0.1, 0.15) is 0 Å². The zero-order valence-corrected chi connectivity index (χ0v) is 14.6. The van der Waals surface area contributed by atoms with E-state index in [9.17, 15) is 0 Å². The summed E-state index contributed by atoms with van der Waals surface area (Å²) in [4.78, 5) is 0. The average Bonchev–Trinajstić information content (AvgIpc) is 3.25. The van der Waals surface area contributed by atoms with Crippen molar-refractivity contribution < 1.29 is 0 Å². The quantitative estimate of drug-likeness (QED) is 0.457. The molecule has 4 aliphatic rings. The molecule has 4 rings (SSSR count). The molecule has 4 nitrogen and oxygen atoms in total. The molecular weight excluding hydrogens is 312 g/mol. The summed E-state index contributed by atoms with van der Waals surface area (Å²) >= 11 is 10.8. The SMILES string of the molecule is S=C(NNC(=S)N[C@@H]1C[C@H]2CC[C@@H]1C2)N[C@@H]1C[C@@H]2CC[C@@H]1C2. The fourth-order valence-corrected chi connectivity index (χ4v) is 5.77. The summed E-state index contributed by atoms with van der Waals surface area (Å²) in [6, 6.07) is 1.13. The Morgan fingerprint density at radius 1 is 0.636 bits per heavy atom. The average molecular weight is 339 g/mol. The van der Waals surface area contributed by atoms with Gasteiger partial charge in [0.15, 0.2) is 10.2 Å². The maximum absolute atomic E-state index is 5.39. The smallest absolute Gasteiger partial charge is 0.185 e. The van der Waals surface area contributed by atoms with E-state index < -0.39 is 0 Å². The van der Waals surface area contributed by atoms with Crippen molar-refractivity contribution in [3.05, 3.63) is 0 Å². The minimum Gasteiger partial charge on any atom is -0.358 e. The van der Waals surface area contributed by atoms with Gasteiger partial charge >= 0.3 is 0 Å². The normalized spacial score (nSPS) is 41.5. The molecule has 4 aliphatic carbocycles. The Bertz CT molecular complexity index is 427. The van der Waals surface area contributed by atoms with E-state index in [1.807, 2.05) is 0 Å². The van der Waals surface area contributed by atoms with Crippen molar-refractivity contribution >= 4 is 34.7 Å². The van der Waals surface area contributed by atoms with Crippen LogP contribution in [-0.4, -0.2) is 22.3 Å². The van der Waals surface area contributed by atoms with Gasteiger partial charge in [-0.1, -0.05) is 12.8 Å². The van der Waals surface area contributed by atoms with E-state index in [0.717, 1.165) is 23.7 Å². The summed E-state index contributed by atoms with van der Waals surface area (Å²) in [6.45, 7) is 0. The molecule has 4 N–H and O–H groups in total. The lowest BCUT2D eigenvalue weighted by molar-refractivity contribution is 0.385. The largest absolute Gasteiger partial charge is 0.358 e. The van der Waals surface area contributed by atoms with Crippen LogP contribution in [0.25, 0.3) is 0 Å². The second kappa shape index (κ2) is 6.11. The summed E-state index contributed by atoms with van der Waals surface area (Å²) in [5.74, 6) is 3.50. The van der Waals surface area contributed by atoms with Crippen LogP contribution in [0.3, 0.4) is 0 Å². The van der Waals surface area contributed by atoms with Crippen molar-refractivity contribution in [3.8, 4) is 0 Å². The van der Waals surface area contributed by atoms with Gasteiger partial charge < -0.3 is 10.6 Å². The minimum absolute atomic E-state index is 0.563. The third-order valence-electron chi connectivity index (χ3n) is 6.40. The van der Waals surface area contributed by atoms with E-state index in [-0.39, 0.29) is 0 Å². The molecule has 4 bridgehead atoms. The first kappa shape index (κ1) is 14.9. The maximum atomic E-state index is 5.39. The summed E-state index contributed by atoms with van der Waals surface area (Å²) < 4.78 is 0. The van der Waals surface area contributed by atoms with E-state index in [0.29, 0.717) is 22.3 Å². The van der Waals surface area contributed by atoms with Gasteiger partial charge in [0.05, 0.1) is 0 Å². The topological polar surface area (TPSA) is 48.1 Å². The van der Waals surface area contributed by atoms with Gasteiger partial charge in [0, 0.05) is 12.1 Å². The second-order valence-corrected chi connectivity index (χ2v) is 8.58. The molecule has 22 heavy (non-hydrogen) atoms. The Kier molecular flexibility index (Phi) is 4.15. The lowest BCUT2D eigenvalue weighted by Gasteiger charge is -2.26. The number of fused-ring (bicyclic) bond motifs is 4. The molecule has 0 heterocycles. The highest BCUT2D eigenvalue weighted by Crippen LogP contribution is 2.45. The summed E-state index contributed by atoms with van der Waals surface area (Å²) in [7, 11) is 0. The van der Waals surface area contributed by atoms with E-state index in [1.165, 1.54) is 51.4 Å². The molecule has 0 aromatic heterocycles. The van der Waals surface area contributed by atoms with Gasteiger partial charge in [-0.15, -0.1) is 0 Å². The van der Waals surface area contributed by atoms with Gasteiger partial charge in [0.2, 0.25) is 0 Å². The number of hydrogen-bond acceptors (Lipinski definition) is 2. The van der Waals surface area contributed by atoms with Crippen LogP contribution in [0.5, 0.6) is 0 Å². The lowest BCUT2D eigenvalue weighted by Crippen LogP contribution is -2.54. The number of rotatable bonds is 2. The van der Waals surface area contributed by atoms with Gasteiger partial charge in [-0.3, -0.25) is 10.9 Å². The maximum Gasteiger partial charge on any atom is 0.185 e.